The summed E-state index contributed by atoms with van der Waals surface area (Å²) < 4.78 is 11.2. The average Bonchev–Trinajstić information content (AvgIpc) is 3.12. The molecule has 0 spiro atoms. The molecule has 0 fully saturated rings. The number of anilines is 1. The summed E-state index contributed by atoms with van der Waals surface area (Å²) in [5.74, 6) is 0.263. The summed E-state index contributed by atoms with van der Waals surface area (Å²) in [5, 5.41) is 16.0. The molecule has 3 rings (SSSR count). The number of aromatic nitrogens is 1. The molecule has 144 valence electrons. The normalized spacial score (nSPS) is 10.8. The second-order valence-corrected chi connectivity index (χ2v) is 6.87. The number of nitrogens with one attached hydrogen (secondary N) is 1. The first-order valence-corrected chi connectivity index (χ1v) is 9.27. The molecule has 7 nitrogen and oxygen atoms in total. The largest absolute Gasteiger partial charge is 0.493 e. The molecule has 2 aromatic carbocycles. The second kappa shape index (κ2) is 9.01. The van der Waals surface area contributed by atoms with Crippen molar-refractivity contribution in [3.05, 3.63) is 69.7 Å². The summed E-state index contributed by atoms with van der Waals surface area (Å²) in [6, 6.07) is 11.8. The fourth-order valence-corrected chi connectivity index (χ4v) is 2.98. The van der Waals surface area contributed by atoms with Crippen molar-refractivity contribution in [1.29, 1.82) is 0 Å². The van der Waals surface area contributed by atoms with Gasteiger partial charge in [0.2, 0.25) is 0 Å². The van der Waals surface area contributed by atoms with Crippen molar-refractivity contribution in [2.75, 3.05) is 12.5 Å². The van der Waals surface area contributed by atoms with E-state index >= 15 is 0 Å². The van der Waals surface area contributed by atoms with E-state index in [1.807, 2.05) is 30.5 Å². The Hall–Kier alpha value is -3.39. The van der Waals surface area contributed by atoms with Crippen LogP contribution in [0.2, 0.25) is 0 Å². The number of aromatic carboxylic acids is 1. The lowest BCUT2D eigenvalue weighted by Crippen LogP contribution is -1.99. The standard InChI is InChI=1S/C20H19N3O4S/c1-13-22-17(12-28-13)11-27-18-8-3-14(9-19(18)26-2)10-21-23-16-6-4-15(5-7-16)20(24)25/h3-10,12,23H,11H2,1-2H3,(H,24,25)/b21-10-. The first kappa shape index (κ1) is 19.4. The predicted octanol–water partition coefficient (Wildman–Crippen LogP) is 4.18. The summed E-state index contributed by atoms with van der Waals surface area (Å²) >= 11 is 1.59. The SMILES string of the molecule is COc1cc(/C=N\Nc2ccc(C(=O)O)cc2)ccc1OCc1csc(C)n1. The Morgan fingerprint density at radius 1 is 1.25 bits per heavy atom. The highest BCUT2D eigenvalue weighted by atomic mass is 32.1. The number of nitrogens with zero attached hydrogens (tertiary/aromatic N) is 2. The molecule has 28 heavy (non-hydrogen) atoms. The summed E-state index contributed by atoms with van der Waals surface area (Å²) in [4.78, 5) is 15.2. The summed E-state index contributed by atoms with van der Waals surface area (Å²) in [6.45, 7) is 2.33. The van der Waals surface area contributed by atoms with Gasteiger partial charge < -0.3 is 14.6 Å². The fourth-order valence-electron chi connectivity index (χ4n) is 2.38. The van der Waals surface area contributed by atoms with Gasteiger partial charge in [-0.3, -0.25) is 5.43 Å². The summed E-state index contributed by atoms with van der Waals surface area (Å²) in [7, 11) is 1.58. The molecule has 8 heteroatoms. The van der Waals surface area contributed by atoms with E-state index in [1.54, 1.807) is 36.8 Å². The minimum atomic E-state index is -0.964. The average molecular weight is 397 g/mol. The molecule has 0 radical (unpaired) electrons. The van der Waals surface area contributed by atoms with Gasteiger partial charge in [-0.25, -0.2) is 9.78 Å². The van der Waals surface area contributed by atoms with Crippen LogP contribution in [0.15, 0.2) is 52.9 Å². The van der Waals surface area contributed by atoms with E-state index in [0.29, 0.717) is 23.8 Å². The summed E-state index contributed by atoms with van der Waals surface area (Å²) in [6.07, 6.45) is 1.64. The van der Waals surface area contributed by atoms with Crippen LogP contribution in [-0.2, 0) is 6.61 Å². The molecule has 0 saturated carbocycles. The zero-order valence-corrected chi connectivity index (χ0v) is 16.2. The highest BCUT2D eigenvalue weighted by Gasteiger charge is 2.07. The molecule has 1 heterocycles. The lowest BCUT2D eigenvalue weighted by atomic mass is 10.2. The van der Waals surface area contributed by atoms with Crippen LogP contribution in [0.1, 0.15) is 26.6 Å². The molecule has 2 N–H and O–H groups in total. The number of carboxylic acid groups (broad SMARTS) is 1. The van der Waals surface area contributed by atoms with Gasteiger partial charge in [0, 0.05) is 5.38 Å². The van der Waals surface area contributed by atoms with Crippen LogP contribution in [0.5, 0.6) is 11.5 Å². The third kappa shape index (κ3) is 5.08. The second-order valence-electron chi connectivity index (χ2n) is 5.81. The van der Waals surface area contributed by atoms with Crippen molar-refractivity contribution in [2.45, 2.75) is 13.5 Å². The van der Waals surface area contributed by atoms with Crippen LogP contribution in [0.25, 0.3) is 0 Å². The monoisotopic (exact) mass is 397 g/mol. The number of ether oxygens (including phenoxy) is 2. The molecule has 0 aliphatic carbocycles. The van der Waals surface area contributed by atoms with Crippen LogP contribution < -0.4 is 14.9 Å². The first-order valence-electron chi connectivity index (χ1n) is 8.39. The lowest BCUT2D eigenvalue weighted by molar-refractivity contribution is 0.0697. The van der Waals surface area contributed by atoms with E-state index in [9.17, 15) is 4.79 Å². The number of hydrogen-bond acceptors (Lipinski definition) is 7. The Kier molecular flexibility index (Phi) is 6.23. The Morgan fingerprint density at radius 2 is 2.04 bits per heavy atom. The number of aryl methyl sites for hydroxylation is 1. The van der Waals surface area contributed by atoms with Gasteiger partial charge in [-0.2, -0.15) is 5.10 Å². The highest BCUT2D eigenvalue weighted by molar-refractivity contribution is 7.09. The molecule has 0 bridgehead atoms. The molecule has 1 aromatic heterocycles. The van der Waals surface area contributed by atoms with Gasteiger partial charge in [0.15, 0.2) is 11.5 Å². The third-order valence-electron chi connectivity index (χ3n) is 3.77. The maximum absolute atomic E-state index is 10.9. The Balaban J connectivity index is 1.62. The smallest absolute Gasteiger partial charge is 0.335 e. The molecule has 3 aromatic rings. The number of carbonyl (C=O) groups is 1. The molecule has 0 atom stereocenters. The number of benzene rings is 2. The van der Waals surface area contributed by atoms with Crippen molar-refractivity contribution in [1.82, 2.24) is 4.98 Å². The fraction of sp³-hybridized carbons (Fsp3) is 0.150. The van der Waals surface area contributed by atoms with Crippen molar-refractivity contribution in [3.8, 4) is 11.5 Å². The van der Waals surface area contributed by atoms with E-state index < -0.39 is 5.97 Å². The minimum absolute atomic E-state index is 0.225. The van der Waals surface area contributed by atoms with Gasteiger partial charge in [-0.05, 0) is 55.0 Å². The Bertz CT molecular complexity index is 983. The van der Waals surface area contributed by atoms with E-state index in [0.717, 1.165) is 16.3 Å². The Labute approximate surface area is 166 Å². The number of hydrazone groups is 1. The summed E-state index contributed by atoms with van der Waals surface area (Å²) in [5.41, 5.74) is 5.47. The quantitative estimate of drug-likeness (QED) is 0.437. The van der Waals surface area contributed by atoms with Crippen molar-refractivity contribution in [2.24, 2.45) is 5.10 Å². The lowest BCUT2D eigenvalue weighted by Gasteiger charge is -2.10. The van der Waals surface area contributed by atoms with E-state index in [4.69, 9.17) is 14.6 Å². The molecule has 0 unspecified atom stereocenters. The van der Waals surface area contributed by atoms with Crippen LogP contribution in [-0.4, -0.2) is 29.4 Å². The Morgan fingerprint density at radius 3 is 2.68 bits per heavy atom. The van der Waals surface area contributed by atoms with E-state index in [1.165, 1.54) is 12.1 Å². The number of rotatable bonds is 8. The zero-order valence-electron chi connectivity index (χ0n) is 15.4. The molecule has 0 aliphatic heterocycles. The van der Waals surface area contributed by atoms with Gasteiger partial charge in [-0.15, -0.1) is 11.3 Å². The topological polar surface area (TPSA) is 93.0 Å². The van der Waals surface area contributed by atoms with Crippen LogP contribution in [0, 0.1) is 6.92 Å². The van der Waals surface area contributed by atoms with Crippen molar-refractivity contribution in [3.63, 3.8) is 0 Å². The van der Waals surface area contributed by atoms with Crippen molar-refractivity contribution >= 4 is 29.2 Å². The van der Waals surface area contributed by atoms with E-state index in [2.05, 4.69) is 15.5 Å². The molecule has 0 aliphatic rings. The number of carboxylic acids is 1. The molecular weight excluding hydrogens is 378 g/mol. The van der Waals surface area contributed by atoms with Crippen molar-refractivity contribution < 1.29 is 19.4 Å². The van der Waals surface area contributed by atoms with Crippen LogP contribution >= 0.6 is 11.3 Å². The van der Waals surface area contributed by atoms with Gasteiger partial charge >= 0.3 is 5.97 Å². The molecular formula is C20H19N3O4S. The van der Waals surface area contributed by atoms with Gasteiger partial charge in [-0.1, -0.05) is 0 Å². The van der Waals surface area contributed by atoms with Crippen LogP contribution in [0.3, 0.4) is 0 Å². The zero-order chi connectivity index (χ0) is 19.9. The first-order chi connectivity index (χ1) is 13.5. The molecule has 0 saturated heterocycles. The van der Waals surface area contributed by atoms with Gasteiger partial charge in [0.1, 0.15) is 6.61 Å². The highest BCUT2D eigenvalue weighted by Crippen LogP contribution is 2.28. The predicted molar refractivity (Wildman–Crippen MR) is 109 cm³/mol. The van der Waals surface area contributed by atoms with Gasteiger partial charge in [0.05, 0.1) is 35.3 Å². The maximum atomic E-state index is 10.9. The van der Waals surface area contributed by atoms with Crippen LogP contribution in [0.4, 0.5) is 5.69 Å². The number of hydrogen-bond donors (Lipinski definition) is 2. The molecule has 0 amide bonds. The minimum Gasteiger partial charge on any atom is -0.493 e. The number of methoxy groups -OCH3 is 1. The van der Waals surface area contributed by atoms with E-state index in [-0.39, 0.29) is 5.56 Å². The maximum Gasteiger partial charge on any atom is 0.335 e. The number of thiazole rings is 1. The van der Waals surface area contributed by atoms with Gasteiger partial charge in [0.25, 0.3) is 0 Å². The third-order valence-corrected chi connectivity index (χ3v) is 4.59.